The van der Waals surface area contributed by atoms with Crippen molar-refractivity contribution in [1.82, 2.24) is 9.55 Å². The zero-order chi connectivity index (χ0) is 26.0. The number of esters is 1. The van der Waals surface area contributed by atoms with Crippen molar-refractivity contribution < 1.29 is 37.3 Å². The summed E-state index contributed by atoms with van der Waals surface area (Å²) in [6, 6.07) is 10.3. The zero-order valence-corrected chi connectivity index (χ0v) is 19.9. The maximum Gasteiger partial charge on any atom is 0.362 e. The molecule has 0 bridgehead atoms. The highest BCUT2D eigenvalue weighted by Gasteiger charge is 2.40. The van der Waals surface area contributed by atoms with E-state index in [9.17, 15) is 9.59 Å². The second kappa shape index (κ2) is 8.20. The molecular formula is C26H19N3O9. The van der Waals surface area contributed by atoms with Crippen molar-refractivity contribution in [2.24, 2.45) is 0 Å². The second-order valence-corrected chi connectivity index (χ2v) is 8.59. The standard InChI is InChI=1S/C26H19N3O9/c1-2-32-25(31)20-19(13-4-6-16-18(9-13)36-11-34-16)21-23(38-26(27)28-21)29-14(24(30)37-22(20)29)7-12-3-5-15-17(8-12)35-10-33-15/h3-9,19H,2,10-11H2,1H3,(H2,27,28)/b14-7+/t19-/m0/s1. The fraction of sp³-hybridized carbons (Fsp3) is 0.192. The maximum atomic E-state index is 13.4. The Bertz CT molecular complexity index is 1810. The van der Waals surface area contributed by atoms with Crippen LogP contribution in [-0.2, 0) is 9.53 Å². The fourth-order valence-corrected chi connectivity index (χ4v) is 4.83. The monoisotopic (exact) mass is 517 g/mol. The predicted octanol–water partition coefficient (Wildman–Crippen LogP) is 1.15. The number of hydrogen-bond donors (Lipinski definition) is 1. The summed E-state index contributed by atoms with van der Waals surface area (Å²) in [5.74, 6) is 0.843. The van der Waals surface area contributed by atoms with Gasteiger partial charge in [0.1, 0.15) is 16.6 Å². The largest absolute Gasteiger partial charge is 0.462 e. The molecule has 5 heterocycles. The van der Waals surface area contributed by atoms with Crippen molar-refractivity contribution in [1.29, 1.82) is 0 Å². The molecular weight excluding hydrogens is 498 g/mol. The lowest BCUT2D eigenvalue weighted by molar-refractivity contribution is -0.136. The predicted molar refractivity (Wildman–Crippen MR) is 129 cm³/mol. The lowest BCUT2D eigenvalue weighted by atomic mass is 9.86. The van der Waals surface area contributed by atoms with Crippen LogP contribution in [0.3, 0.4) is 0 Å². The summed E-state index contributed by atoms with van der Waals surface area (Å²) in [4.78, 5) is 31.0. The topological polar surface area (TPSA) is 150 Å². The number of anilines is 1. The van der Waals surface area contributed by atoms with Gasteiger partial charge in [-0.25, -0.2) is 14.2 Å². The number of rotatable bonds is 4. The van der Waals surface area contributed by atoms with Gasteiger partial charge in [-0.2, -0.15) is 4.98 Å². The molecule has 0 saturated heterocycles. The van der Waals surface area contributed by atoms with Crippen molar-refractivity contribution in [3.05, 3.63) is 74.5 Å². The summed E-state index contributed by atoms with van der Waals surface area (Å²) < 4.78 is 40.0. The van der Waals surface area contributed by atoms with Crippen molar-refractivity contribution in [2.45, 2.75) is 12.8 Å². The van der Waals surface area contributed by atoms with Gasteiger partial charge in [-0.15, -0.1) is 0 Å². The highest BCUT2D eigenvalue weighted by molar-refractivity contribution is 6.12. The SMILES string of the molecule is CCOC(=O)C1=c2oc(=O)/c(=C\c3ccc4c(c3)OCO4)n2-c2oc(N)nc2[C@H]1c1ccc2c(c1)OCO2. The third-order valence-electron chi connectivity index (χ3n) is 6.41. The Labute approximate surface area is 213 Å². The molecule has 0 fully saturated rings. The average molecular weight is 517 g/mol. The van der Waals surface area contributed by atoms with E-state index in [2.05, 4.69) is 4.98 Å². The number of aromatic nitrogens is 2. The van der Waals surface area contributed by atoms with Crippen molar-refractivity contribution in [3.63, 3.8) is 0 Å². The van der Waals surface area contributed by atoms with Crippen LogP contribution in [0.1, 0.15) is 29.7 Å². The van der Waals surface area contributed by atoms with Gasteiger partial charge in [0.25, 0.3) is 6.01 Å². The zero-order valence-electron chi connectivity index (χ0n) is 19.9. The minimum atomic E-state index is -0.830. The van der Waals surface area contributed by atoms with Crippen LogP contribution >= 0.6 is 0 Å². The first kappa shape index (κ1) is 22.1. The van der Waals surface area contributed by atoms with E-state index in [-0.39, 0.29) is 48.6 Å². The first-order chi connectivity index (χ1) is 18.5. The van der Waals surface area contributed by atoms with Gasteiger partial charge < -0.3 is 38.3 Å². The first-order valence-electron chi connectivity index (χ1n) is 11.7. The number of ether oxygens (including phenoxy) is 5. The number of hydrogen-bond acceptors (Lipinski definition) is 11. The molecule has 2 aromatic carbocycles. The smallest absolute Gasteiger partial charge is 0.362 e. The van der Waals surface area contributed by atoms with Crippen LogP contribution in [0.25, 0.3) is 17.5 Å². The Balaban J connectivity index is 1.52. The minimum absolute atomic E-state index is 0.0493. The van der Waals surface area contributed by atoms with Crippen LogP contribution in [0.5, 0.6) is 23.0 Å². The number of nitrogens with zero attached hydrogens (tertiary/aromatic N) is 2. The summed E-state index contributed by atoms with van der Waals surface area (Å²) in [5.41, 5.74) is 6.85. The molecule has 192 valence electrons. The van der Waals surface area contributed by atoms with Crippen LogP contribution in [0.4, 0.5) is 6.01 Å². The van der Waals surface area contributed by atoms with Crippen LogP contribution in [-0.4, -0.2) is 35.7 Å². The quantitative estimate of drug-likeness (QED) is 0.388. The van der Waals surface area contributed by atoms with Gasteiger partial charge in [0.05, 0.1) is 12.5 Å². The number of oxazole rings is 2. The van der Waals surface area contributed by atoms with Crippen LogP contribution in [0, 0.1) is 0 Å². The summed E-state index contributed by atoms with van der Waals surface area (Å²) in [6.07, 6.45) is 1.59. The number of fused-ring (bicyclic) bond motifs is 5. The van der Waals surface area contributed by atoms with Gasteiger partial charge in [0, 0.05) is 0 Å². The number of nitrogens with two attached hydrogens (primary N) is 1. The fourth-order valence-electron chi connectivity index (χ4n) is 4.83. The van der Waals surface area contributed by atoms with Crippen LogP contribution in [0.2, 0.25) is 0 Å². The van der Waals surface area contributed by atoms with Crippen molar-refractivity contribution in [2.75, 3.05) is 25.9 Å². The second-order valence-electron chi connectivity index (χ2n) is 8.59. The van der Waals surface area contributed by atoms with Gasteiger partial charge in [-0.3, -0.25) is 0 Å². The van der Waals surface area contributed by atoms with E-state index in [1.807, 2.05) is 0 Å². The molecule has 12 nitrogen and oxygen atoms in total. The van der Waals surface area contributed by atoms with Crippen LogP contribution in [0.15, 0.2) is 50.0 Å². The lowest BCUT2D eigenvalue weighted by Crippen LogP contribution is -2.37. The van der Waals surface area contributed by atoms with Gasteiger partial charge >= 0.3 is 11.6 Å². The maximum absolute atomic E-state index is 13.4. The highest BCUT2D eigenvalue weighted by Crippen LogP contribution is 2.42. The Morgan fingerprint density at radius 3 is 2.53 bits per heavy atom. The summed E-state index contributed by atoms with van der Waals surface area (Å²) in [6.45, 7) is 1.98. The van der Waals surface area contributed by atoms with E-state index in [4.69, 9.17) is 38.3 Å². The third kappa shape index (κ3) is 3.26. The Kier molecular flexibility index (Phi) is 4.77. The molecule has 1 atom stereocenters. The first-order valence-corrected chi connectivity index (χ1v) is 11.7. The molecule has 0 spiro atoms. The number of carbonyl (C=O) groups excluding carboxylic acids is 1. The molecule has 3 aliphatic heterocycles. The Morgan fingerprint density at radius 2 is 1.76 bits per heavy atom. The Morgan fingerprint density at radius 1 is 1.05 bits per heavy atom. The van der Waals surface area contributed by atoms with E-state index in [0.29, 0.717) is 39.8 Å². The normalized spacial score (nSPS) is 16.9. The molecule has 0 aliphatic carbocycles. The summed E-state index contributed by atoms with van der Waals surface area (Å²) >= 11 is 0. The molecule has 0 saturated carbocycles. The molecule has 7 rings (SSSR count). The van der Waals surface area contributed by atoms with E-state index in [1.165, 1.54) is 4.57 Å². The van der Waals surface area contributed by atoms with Gasteiger partial charge in [0.2, 0.25) is 25.0 Å². The summed E-state index contributed by atoms with van der Waals surface area (Å²) in [7, 11) is 0. The number of nitrogen functional groups attached to an aromatic ring is 1. The molecule has 38 heavy (non-hydrogen) atoms. The minimum Gasteiger partial charge on any atom is -0.462 e. The van der Waals surface area contributed by atoms with Gasteiger partial charge in [-0.05, 0) is 48.4 Å². The molecule has 3 aliphatic rings. The van der Waals surface area contributed by atoms with E-state index < -0.39 is 17.5 Å². The summed E-state index contributed by atoms with van der Waals surface area (Å²) in [5, 5.41) is 0.0854. The third-order valence-corrected chi connectivity index (χ3v) is 6.41. The average Bonchev–Trinajstić information content (AvgIpc) is 3.69. The molecule has 0 unspecified atom stereocenters. The molecule has 2 aromatic heterocycles. The number of carbonyl (C=O) groups is 1. The molecule has 0 radical (unpaired) electrons. The Hall–Kier alpha value is -5.13. The van der Waals surface area contributed by atoms with Crippen molar-refractivity contribution in [3.8, 4) is 28.9 Å². The van der Waals surface area contributed by atoms with Crippen molar-refractivity contribution >= 4 is 23.6 Å². The highest BCUT2D eigenvalue weighted by atomic mass is 16.7. The molecule has 0 amide bonds. The molecule has 4 aromatic rings. The van der Waals surface area contributed by atoms with E-state index in [1.54, 1.807) is 49.4 Å². The van der Waals surface area contributed by atoms with Crippen LogP contribution < -0.4 is 41.2 Å². The van der Waals surface area contributed by atoms with E-state index in [0.717, 1.165) is 0 Å². The lowest BCUT2D eigenvalue weighted by Gasteiger charge is -2.22. The van der Waals surface area contributed by atoms with Gasteiger partial charge in [0.15, 0.2) is 23.0 Å². The number of benzene rings is 2. The molecule has 12 heteroatoms. The van der Waals surface area contributed by atoms with Gasteiger partial charge in [-0.1, -0.05) is 12.1 Å². The molecule has 2 N–H and O–H groups in total. The van der Waals surface area contributed by atoms with E-state index >= 15 is 0 Å².